The fraction of sp³-hybridized carbons (Fsp3) is 0.478. The topological polar surface area (TPSA) is 55.8 Å². The molecule has 1 aromatic heterocycles. The Kier molecular flexibility index (Phi) is 8.33. The highest BCUT2D eigenvalue weighted by Crippen LogP contribution is 2.29. The standard InChI is InChI=1S/C23H31F3N6/c1-3-27-22(29-12-10-18-6-8-20(9-7-18)23(24,25)26)30-17-19-5-4-11-28-21(19)32-15-13-31(2)14-16-32/h4-9,11H,3,10,12-17H2,1-2H3,(H2,27,29,30). The smallest absolute Gasteiger partial charge is 0.357 e. The van der Waals surface area contributed by atoms with Crippen LogP contribution in [-0.4, -0.2) is 62.2 Å². The van der Waals surface area contributed by atoms with Crippen molar-refractivity contribution in [1.82, 2.24) is 20.5 Å². The molecule has 0 spiro atoms. The maximum Gasteiger partial charge on any atom is 0.416 e. The molecular weight excluding hydrogens is 417 g/mol. The Hall–Kier alpha value is -2.81. The van der Waals surface area contributed by atoms with Gasteiger partial charge in [-0.1, -0.05) is 18.2 Å². The van der Waals surface area contributed by atoms with E-state index >= 15 is 0 Å². The van der Waals surface area contributed by atoms with Gasteiger partial charge in [-0.05, 0) is 44.2 Å². The number of halogens is 3. The Morgan fingerprint density at radius 1 is 1.06 bits per heavy atom. The van der Waals surface area contributed by atoms with Gasteiger partial charge in [-0.2, -0.15) is 13.2 Å². The van der Waals surface area contributed by atoms with Gasteiger partial charge in [-0.25, -0.2) is 9.98 Å². The molecule has 0 atom stereocenters. The van der Waals surface area contributed by atoms with E-state index in [1.165, 1.54) is 12.1 Å². The SMILES string of the molecule is CCNC(=NCc1cccnc1N1CCN(C)CC1)NCCc1ccc(C(F)(F)F)cc1. The molecule has 32 heavy (non-hydrogen) atoms. The quantitative estimate of drug-likeness (QED) is 0.504. The van der Waals surface area contributed by atoms with Crippen molar-refractivity contribution in [2.45, 2.75) is 26.1 Å². The zero-order valence-electron chi connectivity index (χ0n) is 18.6. The van der Waals surface area contributed by atoms with Crippen molar-refractivity contribution in [2.75, 3.05) is 51.2 Å². The van der Waals surface area contributed by atoms with Crippen molar-refractivity contribution < 1.29 is 13.2 Å². The Morgan fingerprint density at radius 3 is 2.44 bits per heavy atom. The van der Waals surface area contributed by atoms with Crippen LogP contribution in [0.4, 0.5) is 19.0 Å². The van der Waals surface area contributed by atoms with Crippen LogP contribution in [0, 0.1) is 0 Å². The van der Waals surface area contributed by atoms with Crippen molar-refractivity contribution in [2.24, 2.45) is 4.99 Å². The fourth-order valence-corrected chi connectivity index (χ4v) is 3.55. The number of aromatic nitrogens is 1. The summed E-state index contributed by atoms with van der Waals surface area (Å²) < 4.78 is 38.1. The van der Waals surface area contributed by atoms with Crippen LogP contribution in [0.3, 0.4) is 0 Å². The first kappa shape index (κ1) is 23.8. The highest BCUT2D eigenvalue weighted by Gasteiger charge is 2.29. The fourth-order valence-electron chi connectivity index (χ4n) is 3.55. The van der Waals surface area contributed by atoms with E-state index in [2.05, 4.69) is 38.5 Å². The van der Waals surface area contributed by atoms with E-state index in [0.717, 1.165) is 55.3 Å². The predicted octanol–water partition coefficient (Wildman–Crippen LogP) is 3.15. The first-order valence-corrected chi connectivity index (χ1v) is 10.9. The number of hydrogen-bond donors (Lipinski definition) is 2. The molecule has 0 bridgehead atoms. The number of guanidine groups is 1. The molecule has 6 nitrogen and oxygen atoms in total. The first-order chi connectivity index (χ1) is 15.4. The minimum Gasteiger partial charge on any atom is -0.357 e. The normalized spacial score (nSPS) is 15.7. The van der Waals surface area contributed by atoms with Crippen LogP contribution in [0.5, 0.6) is 0 Å². The van der Waals surface area contributed by atoms with E-state index in [0.29, 0.717) is 32.0 Å². The monoisotopic (exact) mass is 448 g/mol. The van der Waals surface area contributed by atoms with Gasteiger partial charge in [0.15, 0.2) is 5.96 Å². The van der Waals surface area contributed by atoms with E-state index in [9.17, 15) is 13.2 Å². The largest absolute Gasteiger partial charge is 0.416 e. The molecule has 3 rings (SSSR count). The average Bonchev–Trinajstić information content (AvgIpc) is 2.78. The van der Waals surface area contributed by atoms with Crippen LogP contribution in [0.15, 0.2) is 47.6 Å². The minimum absolute atomic E-state index is 0.491. The summed E-state index contributed by atoms with van der Waals surface area (Å²) >= 11 is 0. The van der Waals surface area contributed by atoms with Gasteiger partial charge < -0.3 is 20.4 Å². The number of benzene rings is 1. The highest BCUT2D eigenvalue weighted by molar-refractivity contribution is 5.79. The molecule has 174 valence electrons. The molecule has 2 aromatic rings. The lowest BCUT2D eigenvalue weighted by atomic mass is 10.1. The molecule has 0 unspecified atom stereocenters. The average molecular weight is 449 g/mol. The van der Waals surface area contributed by atoms with Gasteiger partial charge in [-0.3, -0.25) is 0 Å². The highest BCUT2D eigenvalue weighted by atomic mass is 19.4. The Labute approximate surface area is 187 Å². The number of pyridine rings is 1. The zero-order valence-corrected chi connectivity index (χ0v) is 18.6. The molecule has 1 saturated heterocycles. The third-order valence-corrected chi connectivity index (χ3v) is 5.41. The summed E-state index contributed by atoms with van der Waals surface area (Å²) in [5.74, 6) is 1.65. The summed E-state index contributed by atoms with van der Waals surface area (Å²) in [5.41, 5.74) is 1.28. The molecule has 2 heterocycles. The summed E-state index contributed by atoms with van der Waals surface area (Å²) in [4.78, 5) is 13.9. The zero-order chi connectivity index (χ0) is 23.0. The van der Waals surface area contributed by atoms with Gasteiger partial charge in [0.1, 0.15) is 5.82 Å². The summed E-state index contributed by atoms with van der Waals surface area (Å²) in [7, 11) is 2.13. The molecular formula is C23H31F3N6. The van der Waals surface area contributed by atoms with Crippen molar-refractivity contribution >= 4 is 11.8 Å². The van der Waals surface area contributed by atoms with Crippen LogP contribution in [-0.2, 0) is 19.1 Å². The number of alkyl halides is 3. The number of nitrogens with zero attached hydrogens (tertiary/aromatic N) is 4. The molecule has 1 aliphatic heterocycles. The van der Waals surface area contributed by atoms with Crippen molar-refractivity contribution in [3.63, 3.8) is 0 Å². The number of likely N-dealkylation sites (N-methyl/N-ethyl adjacent to an activating group) is 1. The van der Waals surface area contributed by atoms with Gasteiger partial charge in [0.25, 0.3) is 0 Å². The summed E-state index contributed by atoms with van der Waals surface area (Å²) in [5, 5.41) is 6.49. The van der Waals surface area contributed by atoms with Gasteiger partial charge in [0, 0.05) is 51.0 Å². The molecule has 0 radical (unpaired) electrons. The molecule has 2 N–H and O–H groups in total. The third kappa shape index (κ3) is 6.85. The second kappa shape index (κ2) is 11.2. The Morgan fingerprint density at radius 2 is 1.78 bits per heavy atom. The summed E-state index contributed by atoms with van der Waals surface area (Å²) in [6, 6.07) is 9.26. The maximum atomic E-state index is 12.7. The first-order valence-electron chi connectivity index (χ1n) is 10.9. The minimum atomic E-state index is -4.31. The lowest BCUT2D eigenvalue weighted by Gasteiger charge is -2.34. The Bertz CT molecular complexity index is 874. The third-order valence-electron chi connectivity index (χ3n) is 5.41. The number of rotatable bonds is 7. The Balaban J connectivity index is 1.58. The van der Waals surface area contributed by atoms with Crippen molar-refractivity contribution in [3.8, 4) is 0 Å². The van der Waals surface area contributed by atoms with Crippen molar-refractivity contribution in [3.05, 3.63) is 59.3 Å². The number of anilines is 1. The number of piperazine rings is 1. The summed E-state index contributed by atoms with van der Waals surface area (Å²) in [6.45, 7) is 7.66. The van der Waals surface area contributed by atoms with Crippen LogP contribution in [0.1, 0.15) is 23.6 Å². The number of nitrogens with one attached hydrogen (secondary N) is 2. The van der Waals surface area contributed by atoms with E-state index in [1.807, 2.05) is 19.2 Å². The van der Waals surface area contributed by atoms with Crippen LogP contribution >= 0.6 is 0 Å². The molecule has 0 saturated carbocycles. The lowest BCUT2D eigenvalue weighted by Crippen LogP contribution is -2.45. The van der Waals surface area contributed by atoms with Gasteiger partial charge in [0.2, 0.25) is 0 Å². The lowest BCUT2D eigenvalue weighted by molar-refractivity contribution is -0.137. The molecule has 0 amide bonds. The molecule has 1 aromatic carbocycles. The molecule has 9 heteroatoms. The molecule has 0 aliphatic carbocycles. The molecule has 1 fully saturated rings. The second-order valence-electron chi connectivity index (χ2n) is 7.84. The van der Waals surface area contributed by atoms with Gasteiger partial charge in [-0.15, -0.1) is 0 Å². The van der Waals surface area contributed by atoms with E-state index in [-0.39, 0.29) is 0 Å². The van der Waals surface area contributed by atoms with Crippen molar-refractivity contribution in [1.29, 1.82) is 0 Å². The maximum absolute atomic E-state index is 12.7. The molecule has 1 aliphatic rings. The van der Waals surface area contributed by atoms with Gasteiger partial charge in [0.05, 0.1) is 12.1 Å². The van der Waals surface area contributed by atoms with Gasteiger partial charge >= 0.3 is 6.18 Å². The van der Waals surface area contributed by atoms with E-state index in [1.54, 1.807) is 0 Å². The second-order valence-corrected chi connectivity index (χ2v) is 7.84. The predicted molar refractivity (Wildman–Crippen MR) is 122 cm³/mol. The van der Waals surface area contributed by atoms with E-state index in [4.69, 9.17) is 4.99 Å². The number of hydrogen-bond acceptors (Lipinski definition) is 4. The van der Waals surface area contributed by atoms with E-state index < -0.39 is 11.7 Å². The number of aliphatic imine (C=N–C) groups is 1. The van der Waals surface area contributed by atoms with Crippen LogP contribution in [0.2, 0.25) is 0 Å². The van der Waals surface area contributed by atoms with Crippen LogP contribution in [0.25, 0.3) is 0 Å². The summed E-state index contributed by atoms with van der Waals surface area (Å²) in [6.07, 6.45) is -1.90. The van der Waals surface area contributed by atoms with Crippen LogP contribution < -0.4 is 15.5 Å².